The van der Waals surface area contributed by atoms with Crippen LogP contribution in [0.25, 0.3) is 0 Å². The molecule has 0 aliphatic heterocycles. The van der Waals surface area contributed by atoms with Gasteiger partial charge in [0.25, 0.3) is 0 Å². The number of amides is 1. The van der Waals surface area contributed by atoms with Crippen molar-refractivity contribution < 1.29 is 32.6 Å². The maximum absolute atomic E-state index is 12.1. The summed E-state index contributed by atoms with van der Waals surface area (Å²) in [6, 6.07) is 11.6. The number of halogens is 3. The normalized spacial score (nSPS) is 12.3. The van der Waals surface area contributed by atoms with E-state index < -0.39 is 18.8 Å². The number of carbonyl (C=O) groups is 2. The number of benzene rings is 2. The second-order valence-electron chi connectivity index (χ2n) is 5.94. The lowest BCUT2D eigenvalue weighted by Crippen LogP contribution is -2.28. The van der Waals surface area contributed by atoms with Gasteiger partial charge in [0.15, 0.2) is 6.61 Å². The van der Waals surface area contributed by atoms with Crippen LogP contribution < -0.4 is 10.1 Å². The third-order valence-corrected chi connectivity index (χ3v) is 3.73. The third-order valence-electron chi connectivity index (χ3n) is 3.73. The minimum Gasteiger partial charge on any atom is -0.484 e. The molecule has 2 aromatic rings. The van der Waals surface area contributed by atoms with Crippen molar-refractivity contribution in [1.82, 2.24) is 5.32 Å². The zero-order valence-electron chi connectivity index (χ0n) is 14.4. The Morgan fingerprint density at radius 1 is 1.07 bits per heavy atom. The zero-order valence-corrected chi connectivity index (χ0v) is 14.4. The Kier molecular flexibility index (Phi) is 6.44. The summed E-state index contributed by atoms with van der Waals surface area (Å²) in [5, 5.41) is 11.6. The van der Waals surface area contributed by atoms with Gasteiger partial charge in [-0.15, -0.1) is 0 Å². The lowest BCUT2D eigenvalue weighted by Gasteiger charge is -2.15. The van der Waals surface area contributed by atoms with Gasteiger partial charge in [-0.2, -0.15) is 13.2 Å². The van der Waals surface area contributed by atoms with Crippen LogP contribution in [-0.2, 0) is 11.2 Å². The number of rotatable bonds is 7. The van der Waals surface area contributed by atoms with E-state index in [1.807, 2.05) is 0 Å². The van der Waals surface area contributed by atoms with Crippen LogP contribution in [0.3, 0.4) is 0 Å². The first-order valence-corrected chi connectivity index (χ1v) is 8.05. The van der Waals surface area contributed by atoms with Gasteiger partial charge in [0.2, 0.25) is 5.91 Å². The smallest absolute Gasteiger partial charge is 0.422 e. The fourth-order valence-corrected chi connectivity index (χ4v) is 2.34. The van der Waals surface area contributed by atoms with Gasteiger partial charge >= 0.3 is 12.1 Å². The Balaban J connectivity index is 1.89. The monoisotopic (exact) mass is 381 g/mol. The molecule has 2 N–H and O–H groups in total. The van der Waals surface area contributed by atoms with E-state index in [1.54, 1.807) is 31.2 Å². The second kappa shape index (κ2) is 8.57. The van der Waals surface area contributed by atoms with Gasteiger partial charge in [-0.25, -0.2) is 4.79 Å². The molecule has 2 rings (SSSR count). The van der Waals surface area contributed by atoms with Crippen LogP contribution in [0.4, 0.5) is 13.2 Å². The number of alkyl halides is 3. The van der Waals surface area contributed by atoms with E-state index in [9.17, 15) is 22.8 Å². The number of nitrogens with one attached hydrogen (secondary N) is 1. The van der Waals surface area contributed by atoms with Gasteiger partial charge < -0.3 is 15.2 Å². The maximum atomic E-state index is 12.1. The van der Waals surface area contributed by atoms with E-state index in [0.29, 0.717) is 11.1 Å². The molecule has 27 heavy (non-hydrogen) atoms. The molecule has 0 bridgehead atoms. The Morgan fingerprint density at radius 3 is 2.19 bits per heavy atom. The minimum atomic E-state index is -4.40. The van der Waals surface area contributed by atoms with Crippen LogP contribution in [-0.4, -0.2) is 29.8 Å². The summed E-state index contributed by atoms with van der Waals surface area (Å²) in [6.45, 7) is 0.385. The van der Waals surface area contributed by atoms with Crippen LogP contribution in [0.5, 0.6) is 5.75 Å². The minimum absolute atomic E-state index is 0.0804. The van der Waals surface area contributed by atoms with E-state index in [1.165, 1.54) is 24.3 Å². The number of hydrogen-bond donors (Lipinski definition) is 2. The van der Waals surface area contributed by atoms with E-state index >= 15 is 0 Å². The molecule has 0 aliphatic carbocycles. The summed E-state index contributed by atoms with van der Waals surface area (Å²) >= 11 is 0. The summed E-state index contributed by atoms with van der Waals surface area (Å²) in [5.74, 6) is -1.21. The molecule has 5 nitrogen and oxygen atoms in total. The Bertz CT molecular complexity index is 786. The molecule has 1 atom stereocenters. The van der Waals surface area contributed by atoms with Crippen LogP contribution >= 0.6 is 0 Å². The van der Waals surface area contributed by atoms with Crippen LogP contribution in [0, 0.1) is 0 Å². The van der Waals surface area contributed by atoms with Crippen LogP contribution in [0.2, 0.25) is 0 Å². The van der Waals surface area contributed by atoms with Crippen molar-refractivity contribution in [3.63, 3.8) is 0 Å². The highest BCUT2D eigenvalue weighted by Crippen LogP contribution is 2.21. The van der Waals surface area contributed by atoms with Crippen molar-refractivity contribution in [1.29, 1.82) is 0 Å². The number of ether oxygens (including phenoxy) is 1. The topological polar surface area (TPSA) is 75.6 Å². The first-order chi connectivity index (χ1) is 12.6. The van der Waals surface area contributed by atoms with Crippen molar-refractivity contribution in [2.24, 2.45) is 0 Å². The van der Waals surface area contributed by atoms with E-state index in [0.717, 1.165) is 0 Å². The Morgan fingerprint density at radius 2 is 1.67 bits per heavy atom. The van der Waals surface area contributed by atoms with Gasteiger partial charge in [0.1, 0.15) is 5.75 Å². The van der Waals surface area contributed by atoms with Crippen LogP contribution in [0.15, 0.2) is 48.5 Å². The summed E-state index contributed by atoms with van der Waals surface area (Å²) < 4.78 is 41.0. The lowest BCUT2D eigenvalue weighted by atomic mass is 10.1. The summed E-state index contributed by atoms with van der Waals surface area (Å²) in [5.41, 5.74) is 1.52. The molecular weight excluding hydrogens is 363 g/mol. The Hall–Kier alpha value is -3.03. The number of hydrogen-bond acceptors (Lipinski definition) is 3. The average molecular weight is 381 g/mol. The molecule has 144 valence electrons. The highest BCUT2D eigenvalue weighted by atomic mass is 19.4. The molecule has 0 spiro atoms. The van der Waals surface area contributed by atoms with Gasteiger partial charge in [0.05, 0.1) is 18.0 Å². The second-order valence-corrected chi connectivity index (χ2v) is 5.94. The number of carbonyl (C=O) groups excluding carboxylic acids is 1. The van der Waals surface area contributed by atoms with Gasteiger partial charge in [-0.1, -0.05) is 24.3 Å². The molecular formula is C19H18F3NO4. The van der Waals surface area contributed by atoms with Crippen molar-refractivity contribution in [2.75, 3.05) is 6.61 Å². The lowest BCUT2D eigenvalue weighted by molar-refractivity contribution is -0.153. The third kappa shape index (κ3) is 6.65. The molecule has 0 radical (unpaired) electrons. The molecule has 0 saturated carbocycles. The summed E-state index contributed by atoms with van der Waals surface area (Å²) in [4.78, 5) is 22.9. The van der Waals surface area contributed by atoms with Gasteiger partial charge in [-0.3, -0.25) is 4.79 Å². The van der Waals surface area contributed by atoms with Gasteiger partial charge in [0, 0.05) is 0 Å². The fraction of sp³-hybridized carbons (Fsp3) is 0.263. The van der Waals surface area contributed by atoms with E-state index in [2.05, 4.69) is 10.1 Å². The fourth-order valence-electron chi connectivity index (χ4n) is 2.34. The predicted octanol–water partition coefficient (Wildman–Crippen LogP) is 3.75. The zero-order chi connectivity index (χ0) is 20.0. The molecule has 1 amide bonds. The maximum Gasteiger partial charge on any atom is 0.422 e. The quantitative estimate of drug-likeness (QED) is 0.766. The highest BCUT2D eigenvalue weighted by Gasteiger charge is 2.28. The molecule has 0 aromatic heterocycles. The first-order valence-electron chi connectivity index (χ1n) is 8.05. The van der Waals surface area contributed by atoms with Crippen molar-refractivity contribution in [3.05, 3.63) is 65.2 Å². The molecule has 8 heteroatoms. The summed E-state index contributed by atoms with van der Waals surface area (Å²) in [6.07, 6.45) is -4.32. The largest absolute Gasteiger partial charge is 0.484 e. The number of aromatic carboxylic acids is 1. The van der Waals surface area contributed by atoms with Crippen LogP contribution in [0.1, 0.15) is 34.5 Å². The standard InChI is InChI=1S/C19H18F3NO4/c1-12(14-6-8-16(9-7-14)27-11-19(20,21)22)23-17(24)10-13-2-4-15(5-3-13)18(25)26/h2-9,12H,10-11H2,1H3,(H,23,24)(H,25,26). The SMILES string of the molecule is CC(NC(=O)Cc1ccc(C(=O)O)cc1)c1ccc(OCC(F)(F)F)cc1. The highest BCUT2D eigenvalue weighted by molar-refractivity contribution is 5.87. The Labute approximate surface area is 153 Å². The number of carboxylic acids is 1. The summed E-state index contributed by atoms with van der Waals surface area (Å²) in [7, 11) is 0. The van der Waals surface area contributed by atoms with Crippen molar-refractivity contribution in [3.8, 4) is 5.75 Å². The molecule has 0 fully saturated rings. The van der Waals surface area contributed by atoms with E-state index in [-0.39, 0.29) is 29.7 Å². The molecule has 0 saturated heterocycles. The van der Waals surface area contributed by atoms with Crippen molar-refractivity contribution >= 4 is 11.9 Å². The first kappa shape index (κ1) is 20.3. The van der Waals surface area contributed by atoms with E-state index in [4.69, 9.17) is 5.11 Å². The predicted molar refractivity (Wildman–Crippen MR) is 91.7 cm³/mol. The average Bonchev–Trinajstić information content (AvgIpc) is 2.60. The van der Waals surface area contributed by atoms with Gasteiger partial charge in [-0.05, 0) is 42.3 Å². The molecule has 1 unspecified atom stereocenters. The van der Waals surface area contributed by atoms with Crippen molar-refractivity contribution in [2.45, 2.75) is 25.6 Å². The number of carboxylic acid groups (broad SMARTS) is 1. The molecule has 0 heterocycles. The molecule has 0 aliphatic rings. The molecule has 2 aromatic carbocycles.